The van der Waals surface area contributed by atoms with Crippen LogP contribution in [-0.4, -0.2) is 20.0 Å². The fraction of sp³-hybridized carbons (Fsp3) is 0.333. The quantitative estimate of drug-likeness (QED) is 0.759. The van der Waals surface area contributed by atoms with E-state index in [-0.39, 0.29) is 18.1 Å². The predicted octanol–water partition coefficient (Wildman–Crippen LogP) is 1.90. The van der Waals surface area contributed by atoms with Crippen molar-refractivity contribution < 1.29 is 14.3 Å². The molecule has 82 valence electrons. The van der Waals surface area contributed by atoms with Crippen LogP contribution < -0.4 is 9.47 Å². The van der Waals surface area contributed by atoms with Crippen molar-refractivity contribution in [2.45, 2.75) is 12.3 Å². The summed E-state index contributed by atoms with van der Waals surface area (Å²) in [6.45, 7) is 0. The Bertz CT molecular complexity index is 488. The van der Waals surface area contributed by atoms with Crippen LogP contribution in [0.15, 0.2) is 12.1 Å². The Labute approximate surface area is 93.4 Å². The first-order valence-corrected chi connectivity index (χ1v) is 4.90. The third-order valence-corrected chi connectivity index (χ3v) is 2.76. The van der Waals surface area contributed by atoms with Crippen molar-refractivity contribution >= 4 is 5.78 Å². The van der Waals surface area contributed by atoms with Crippen LogP contribution >= 0.6 is 0 Å². The van der Waals surface area contributed by atoms with Crippen molar-refractivity contribution in [3.05, 3.63) is 23.3 Å². The van der Waals surface area contributed by atoms with Gasteiger partial charge in [0.15, 0.2) is 5.78 Å². The molecule has 0 amide bonds. The molecule has 0 spiro atoms. The highest BCUT2D eigenvalue weighted by atomic mass is 16.5. The Hall–Kier alpha value is -2.02. The van der Waals surface area contributed by atoms with Crippen LogP contribution in [0.25, 0.3) is 0 Å². The van der Waals surface area contributed by atoms with E-state index in [1.165, 1.54) is 7.11 Å². The van der Waals surface area contributed by atoms with Gasteiger partial charge in [0.1, 0.15) is 11.5 Å². The molecule has 0 radical (unpaired) electrons. The number of carbonyl (C=O) groups excluding carboxylic acids is 1. The lowest BCUT2D eigenvalue weighted by atomic mass is 10.0. The number of fused-ring (bicyclic) bond motifs is 1. The molecule has 0 saturated carbocycles. The van der Waals surface area contributed by atoms with Gasteiger partial charge in [0.2, 0.25) is 0 Å². The van der Waals surface area contributed by atoms with E-state index in [0.717, 1.165) is 0 Å². The lowest BCUT2D eigenvalue weighted by molar-refractivity contribution is 0.0989. The summed E-state index contributed by atoms with van der Waals surface area (Å²) in [4.78, 5) is 11.7. The van der Waals surface area contributed by atoms with Crippen LogP contribution in [0.3, 0.4) is 0 Å². The summed E-state index contributed by atoms with van der Waals surface area (Å²) in [7, 11) is 3.04. The van der Waals surface area contributed by atoms with Gasteiger partial charge in [-0.25, -0.2) is 0 Å². The van der Waals surface area contributed by atoms with E-state index in [9.17, 15) is 4.79 Å². The van der Waals surface area contributed by atoms with Gasteiger partial charge in [0.05, 0.1) is 31.8 Å². The number of nitriles is 1. The summed E-state index contributed by atoms with van der Waals surface area (Å²) in [6, 6.07) is 5.52. The smallest absolute Gasteiger partial charge is 0.168 e. The van der Waals surface area contributed by atoms with Gasteiger partial charge >= 0.3 is 0 Å². The molecule has 0 saturated heterocycles. The zero-order chi connectivity index (χ0) is 11.7. The lowest BCUT2D eigenvalue weighted by Gasteiger charge is -2.09. The number of rotatable bonds is 2. The van der Waals surface area contributed by atoms with E-state index < -0.39 is 0 Å². The normalized spacial score (nSPS) is 17.8. The van der Waals surface area contributed by atoms with Crippen molar-refractivity contribution in [2.75, 3.05) is 14.2 Å². The molecule has 1 aliphatic rings. The Balaban J connectivity index is 2.65. The minimum absolute atomic E-state index is 0.0407. The molecule has 0 fully saturated rings. The van der Waals surface area contributed by atoms with E-state index in [1.807, 2.05) is 0 Å². The molecule has 2 rings (SSSR count). The number of ketones is 1. The number of Topliss-reactive ketones (excluding diaryl/α,β-unsaturated/α-hetero) is 1. The number of methoxy groups -OCH3 is 2. The molecule has 1 aromatic rings. The van der Waals surface area contributed by atoms with Crippen molar-refractivity contribution in [1.29, 1.82) is 5.26 Å². The highest BCUT2D eigenvalue weighted by molar-refractivity contribution is 6.04. The molecule has 1 unspecified atom stereocenters. The summed E-state index contributed by atoms with van der Waals surface area (Å²) < 4.78 is 10.3. The summed E-state index contributed by atoms with van der Waals surface area (Å²) in [5.41, 5.74) is 1.23. The summed E-state index contributed by atoms with van der Waals surface area (Å²) in [6.07, 6.45) is 0.232. The van der Waals surface area contributed by atoms with Gasteiger partial charge in [-0.3, -0.25) is 4.79 Å². The maximum atomic E-state index is 11.7. The molecule has 0 bridgehead atoms. The van der Waals surface area contributed by atoms with Crippen LogP contribution in [0.5, 0.6) is 11.5 Å². The van der Waals surface area contributed by atoms with Crippen LogP contribution in [0, 0.1) is 11.3 Å². The van der Waals surface area contributed by atoms with Gasteiger partial charge in [-0.1, -0.05) is 0 Å². The average Bonchev–Trinajstić information content (AvgIpc) is 2.65. The molecule has 4 nitrogen and oxygen atoms in total. The average molecular weight is 217 g/mol. The molecule has 1 aromatic carbocycles. The summed E-state index contributed by atoms with van der Waals surface area (Å²) >= 11 is 0. The number of hydrogen-bond donors (Lipinski definition) is 0. The monoisotopic (exact) mass is 217 g/mol. The zero-order valence-electron chi connectivity index (χ0n) is 9.11. The number of hydrogen-bond acceptors (Lipinski definition) is 4. The molecular formula is C12H11NO3. The third-order valence-electron chi connectivity index (χ3n) is 2.76. The van der Waals surface area contributed by atoms with Gasteiger partial charge in [0.25, 0.3) is 0 Å². The number of carbonyl (C=O) groups is 1. The summed E-state index contributed by atoms with van der Waals surface area (Å²) in [5.74, 6) is 0.662. The Morgan fingerprint density at radius 3 is 2.69 bits per heavy atom. The van der Waals surface area contributed by atoms with Crippen LogP contribution in [0.4, 0.5) is 0 Å². The second-order valence-corrected chi connectivity index (χ2v) is 3.60. The minimum atomic E-state index is -0.383. The first-order valence-electron chi connectivity index (χ1n) is 4.90. The Morgan fingerprint density at radius 1 is 1.38 bits per heavy atom. The Morgan fingerprint density at radius 2 is 2.12 bits per heavy atom. The summed E-state index contributed by atoms with van der Waals surface area (Å²) in [5, 5.41) is 8.97. The predicted molar refractivity (Wildman–Crippen MR) is 56.8 cm³/mol. The van der Waals surface area contributed by atoms with E-state index in [0.29, 0.717) is 22.6 Å². The van der Waals surface area contributed by atoms with Gasteiger partial charge in [-0.2, -0.15) is 5.26 Å². The molecule has 0 N–H and O–H groups in total. The lowest BCUT2D eigenvalue weighted by Crippen LogP contribution is -1.98. The Kier molecular flexibility index (Phi) is 2.53. The van der Waals surface area contributed by atoms with E-state index in [1.54, 1.807) is 19.2 Å². The van der Waals surface area contributed by atoms with Crippen molar-refractivity contribution in [3.63, 3.8) is 0 Å². The second kappa shape index (κ2) is 3.86. The first kappa shape index (κ1) is 10.5. The fourth-order valence-corrected chi connectivity index (χ4v) is 1.98. The topological polar surface area (TPSA) is 59.3 Å². The van der Waals surface area contributed by atoms with Crippen molar-refractivity contribution in [1.82, 2.24) is 0 Å². The van der Waals surface area contributed by atoms with Crippen molar-refractivity contribution in [2.24, 2.45) is 0 Å². The maximum Gasteiger partial charge on any atom is 0.168 e. The fourth-order valence-electron chi connectivity index (χ4n) is 1.98. The van der Waals surface area contributed by atoms with E-state index >= 15 is 0 Å². The largest absolute Gasteiger partial charge is 0.497 e. The molecule has 16 heavy (non-hydrogen) atoms. The standard InChI is InChI=1S/C12H11NO3/c1-15-8-4-9-7(6-13)3-10(14)12(9)11(5-8)16-2/h4-5,7H,3H2,1-2H3. The van der Waals surface area contributed by atoms with E-state index in [2.05, 4.69) is 6.07 Å². The molecule has 4 heteroatoms. The van der Waals surface area contributed by atoms with Gasteiger partial charge in [-0.15, -0.1) is 0 Å². The van der Waals surface area contributed by atoms with Crippen LogP contribution in [-0.2, 0) is 0 Å². The molecule has 0 heterocycles. The SMILES string of the molecule is COc1cc(OC)c2c(c1)C(C#N)CC2=O. The zero-order valence-corrected chi connectivity index (χ0v) is 9.11. The number of ether oxygens (including phenoxy) is 2. The third kappa shape index (κ3) is 1.41. The molecule has 0 aliphatic heterocycles. The van der Waals surface area contributed by atoms with E-state index in [4.69, 9.17) is 14.7 Å². The van der Waals surface area contributed by atoms with Crippen molar-refractivity contribution in [3.8, 4) is 17.6 Å². The molecule has 0 aromatic heterocycles. The maximum absolute atomic E-state index is 11.7. The second-order valence-electron chi connectivity index (χ2n) is 3.60. The molecule has 1 aliphatic carbocycles. The highest BCUT2D eigenvalue weighted by Gasteiger charge is 2.33. The van der Waals surface area contributed by atoms with Crippen LogP contribution in [0.1, 0.15) is 28.3 Å². The van der Waals surface area contributed by atoms with Gasteiger partial charge in [0, 0.05) is 12.5 Å². The number of benzene rings is 1. The first-order chi connectivity index (χ1) is 7.71. The molecular weight excluding hydrogens is 206 g/mol. The highest BCUT2D eigenvalue weighted by Crippen LogP contribution is 2.40. The van der Waals surface area contributed by atoms with Gasteiger partial charge < -0.3 is 9.47 Å². The van der Waals surface area contributed by atoms with Crippen LogP contribution in [0.2, 0.25) is 0 Å². The minimum Gasteiger partial charge on any atom is -0.497 e. The number of nitrogens with zero attached hydrogens (tertiary/aromatic N) is 1. The molecule has 1 atom stereocenters. The van der Waals surface area contributed by atoms with Gasteiger partial charge in [-0.05, 0) is 11.6 Å².